The van der Waals surface area contributed by atoms with Crippen LogP contribution in [0.3, 0.4) is 0 Å². The maximum Gasteiger partial charge on any atom is 0.295 e. The van der Waals surface area contributed by atoms with Crippen molar-refractivity contribution < 1.29 is 14.0 Å². The zero-order chi connectivity index (χ0) is 22.5. The van der Waals surface area contributed by atoms with Gasteiger partial charge in [-0.05, 0) is 48.9 Å². The molecular formula is C24H20FN5O2. The van der Waals surface area contributed by atoms with Crippen LogP contribution in [0, 0.1) is 12.7 Å². The van der Waals surface area contributed by atoms with E-state index in [4.69, 9.17) is 0 Å². The summed E-state index contributed by atoms with van der Waals surface area (Å²) in [6.45, 7) is 2.06. The number of nitrogens with zero attached hydrogens (tertiary/aromatic N) is 3. The van der Waals surface area contributed by atoms with E-state index >= 15 is 0 Å². The quantitative estimate of drug-likeness (QED) is 0.487. The van der Waals surface area contributed by atoms with E-state index in [9.17, 15) is 14.0 Å². The molecule has 0 radical (unpaired) electrons. The average Bonchev–Trinajstić information content (AvgIpc) is 3.21. The SMILES string of the molecule is Cc1nc(C(=O)Nc2ccccc2C(=O)NCc2ccccc2)nn1-c1ccc(F)cc1. The van der Waals surface area contributed by atoms with Crippen LogP contribution < -0.4 is 10.6 Å². The number of benzene rings is 3. The van der Waals surface area contributed by atoms with Gasteiger partial charge in [0.25, 0.3) is 11.8 Å². The number of anilines is 1. The van der Waals surface area contributed by atoms with E-state index in [0.717, 1.165) is 5.56 Å². The molecule has 0 spiro atoms. The highest BCUT2D eigenvalue weighted by molar-refractivity contribution is 6.07. The van der Waals surface area contributed by atoms with Crippen molar-refractivity contribution in [2.45, 2.75) is 13.5 Å². The van der Waals surface area contributed by atoms with Crippen molar-refractivity contribution in [2.24, 2.45) is 0 Å². The van der Waals surface area contributed by atoms with Gasteiger partial charge in [-0.2, -0.15) is 0 Å². The molecule has 0 aliphatic carbocycles. The van der Waals surface area contributed by atoms with E-state index in [1.165, 1.54) is 16.8 Å². The number of carbonyl (C=O) groups is 2. The first-order chi connectivity index (χ1) is 15.5. The number of para-hydroxylation sites is 1. The maximum atomic E-state index is 13.2. The van der Waals surface area contributed by atoms with Crippen molar-refractivity contribution in [3.63, 3.8) is 0 Å². The van der Waals surface area contributed by atoms with Gasteiger partial charge in [-0.25, -0.2) is 14.1 Å². The van der Waals surface area contributed by atoms with Crippen LogP contribution in [-0.4, -0.2) is 26.6 Å². The Hall–Kier alpha value is -4.33. The molecule has 4 rings (SSSR count). The number of carbonyl (C=O) groups excluding carboxylic acids is 2. The van der Waals surface area contributed by atoms with Gasteiger partial charge in [-0.1, -0.05) is 42.5 Å². The summed E-state index contributed by atoms with van der Waals surface area (Å²) < 4.78 is 14.6. The summed E-state index contributed by atoms with van der Waals surface area (Å²) in [6.07, 6.45) is 0. The Bertz CT molecular complexity index is 1250. The molecule has 7 nitrogen and oxygen atoms in total. The average molecular weight is 429 g/mol. The monoisotopic (exact) mass is 429 g/mol. The molecule has 0 fully saturated rings. The van der Waals surface area contributed by atoms with E-state index in [-0.39, 0.29) is 17.5 Å². The highest BCUT2D eigenvalue weighted by Gasteiger charge is 2.18. The van der Waals surface area contributed by atoms with Gasteiger partial charge in [0, 0.05) is 6.54 Å². The third-order valence-corrected chi connectivity index (χ3v) is 4.76. The molecule has 2 N–H and O–H groups in total. The fraction of sp³-hybridized carbons (Fsp3) is 0.0833. The summed E-state index contributed by atoms with van der Waals surface area (Å²) in [5.41, 5.74) is 2.22. The summed E-state index contributed by atoms with van der Waals surface area (Å²) in [7, 11) is 0. The van der Waals surface area contributed by atoms with Gasteiger partial charge in [0.15, 0.2) is 0 Å². The Labute approximate surface area is 183 Å². The van der Waals surface area contributed by atoms with Crippen LogP contribution in [0.25, 0.3) is 5.69 Å². The molecule has 8 heteroatoms. The molecule has 1 aromatic heterocycles. The van der Waals surface area contributed by atoms with Crippen molar-refractivity contribution in [1.29, 1.82) is 0 Å². The van der Waals surface area contributed by atoms with Gasteiger partial charge >= 0.3 is 0 Å². The molecule has 0 aliphatic heterocycles. The molecule has 3 aromatic carbocycles. The molecule has 0 aliphatic rings. The van der Waals surface area contributed by atoms with Gasteiger partial charge < -0.3 is 10.6 Å². The second kappa shape index (κ2) is 9.22. The van der Waals surface area contributed by atoms with Gasteiger partial charge in [0.05, 0.1) is 16.9 Å². The van der Waals surface area contributed by atoms with Crippen LogP contribution in [0.15, 0.2) is 78.9 Å². The first kappa shape index (κ1) is 20.9. The van der Waals surface area contributed by atoms with Crippen molar-refractivity contribution >= 4 is 17.5 Å². The lowest BCUT2D eigenvalue weighted by molar-refractivity contribution is 0.0952. The molecule has 1 heterocycles. The second-order valence-electron chi connectivity index (χ2n) is 7.04. The Morgan fingerprint density at radius 2 is 1.59 bits per heavy atom. The predicted octanol–water partition coefficient (Wildman–Crippen LogP) is 3.90. The lowest BCUT2D eigenvalue weighted by Crippen LogP contribution is -2.25. The topological polar surface area (TPSA) is 88.9 Å². The summed E-state index contributed by atoms with van der Waals surface area (Å²) in [5, 5.41) is 9.79. The first-order valence-corrected chi connectivity index (χ1v) is 9.93. The van der Waals surface area contributed by atoms with E-state index in [1.807, 2.05) is 30.3 Å². The molecule has 160 valence electrons. The minimum atomic E-state index is -0.558. The third-order valence-electron chi connectivity index (χ3n) is 4.76. The molecule has 0 bridgehead atoms. The smallest absolute Gasteiger partial charge is 0.295 e. The molecule has 0 saturated heterocycles. The number of aryl methyl sites for hydroxylation is 1. The molecular weight excluding hydrogens is 409 g/mol. The third kappa shape index (κ3) is 4.70. The fourth-order valence-electron chi connectivity index (χ4n) is 3.15. The molecule has 0 saturated carbocycles. The zero-order valence-corrected chi connectivity index (χ0v) is 17.2. The number of amides is 2. The lowest BCUT2D eigenvalue weighted by atomic mass is 10.1. The van der Waals surface area contributed by atoms with E-state index in [0.29, 0.717) is 29.3 Å². The van der Waals surface area contributed by atoms with Gasteiger partial charge in [0.2, 0.25) is 5.82 Å². The van der Waals surface area contributed by atoms with Crippen molar-refractivity contribution in [1.82, 2.24) is 20.1 Å². The summed E-state index contributed by atoms with van der Waals surface area (Å²) in [6, 6.07) is 22.0. The van der Waals surface area contributed by atoms with Gasteiger partial charge in [-0.3, -0.25) is 9.59 Å². The van der Waals surface area contributed by atoms with Crippen LogP contribution in [0.5, 0.6) is 0 Å². The number of halogens is 1. The number of aromatic nitrogens is 3. The Morgan fingerprint density at radius 1 is 0.906 bits per heavy atom. The van der Waals surface area contributed by atoms with Crippen LogP contribution in [-0.2, 0) is 6.54 Å². The van der Waals surface area contributed by atoms with Crippen LogP contribution in [0.2, 0.25) is 0 Å². The number of nitrogens with one attached hydrogen (secondary N) is 2. The molecule has 32 heavy (non-hydrogen) atoms. The van der Waals surface area contributed by atoms with E-state index < -0.39 is 5.91 Å². The molecule has 0 unspecified atom stereocenters. The Kier molecular flexibility index (Phi) is 6.03. The highest BCUT2D eigenvalue weighted by Crippen LogP contribution is 2.17. The molecule has 0 atom stereocenters. The number of hydrogen-bond donors (Lipinski definition) is 2. The summed E-state index contributed by atoms with van der Waals surface area (Å²) in [4.78, 5) is 29.7. The van der Waals surface area contributed by atoms with Crippen LogP contribution >= 0.6 is 0 Å². The largest absolute Gasteiger partial charge is 0.348 e. The zero-order valence-electron chi connectivity index (χ0n) is 17.2. The van der Waals surface area contributed by atoms with E-state index in [2.05, 4.69) is 20.7 Å². The number of rotatable bonds is 6. The summed E-state index contributed by atoms with van der Waals surface area (Å²) >= 11 is 0. The minimum Gasteiger partial charge on any atom is -0.348 e. The lowest BCUT2D eigenvalue weighted by Gasteiger charge is -2.10. The van der Waals surface area contributed by atoms with Crippen molar-refractivity contribution in [3.05, 3.63) is 107 Å². The molecule has 4 aromatic rings. The second-order valence-corrected chi connectivity index (χ2v) is 7.04. The van der Waals surface area contributed by atoms with Gasteiger partial charge in [-0.15, -0.1) is 5.10 Å². The van der Waals surface area contributed by atoms with E-state index in [1.54, 1.807) is 43.3 Å². The van der Waals surface area contributed by atoms with Crippen molar-refractivity contribution in [2.75, 3.05) is 5.32 Å². The highest BCUT2D eigenvalue weighted by atomic mass is 19.1. The maximum absolute atomic E-state index is 13.2. The van der Waals surface area contributed by atoms with Crippen LogP contribution in [0.1, 0.15) is 32.4 Å². The Morgan fingerprint density at radius 3 is 2.34 bits per heavy atom. The predicted molar refractivity (Wildman–Crippen MR) is 118 cm³/mol. The standard InChI is InChI=1S/C24H20FN5O2/c1-16-27-22(29-30(16)19-13-11-18(25)12-14-19)24(32)28-21-10-6-5-9-20(21)23(31)26-15-17-7-3-2-4-8-17/h2-14H,15H2,1H3,(H,26,31)(H,28,32). The Balaban J connectivity index is 1.50. The minimum absolute atomic E-state index is 0.0636. The fourth-order valence-corrected chi connectivity index (χ4v) is 3.15. The number of hydrogen-bond acceptors (Lipinski definition) is 4. The normalized spacial score (nSPS) is 10.6. The van der Waals surface area contributed by atoms with Crippen LogP contribution in [0.4, 0.5) is 10.1 Å². The molecule has 2 amide bonds. The first-order valence-electron chi connectivity index (χ1n) is 9.93. The van der Waals surface area contributed by atoms with Crippen molar-refractivity contribution in [3.8, 4) is 5.69 Å². The summed E-state index contributed by atoms with van der Waals surface area (Å²) in [5.74, 6) is -0.836. The van der Waals surface area contributed by atoms with Gasteiger partial charge in [0.1, 0.15) is 11.6 Å².